The van der Waals surface area contributed by atoms with Gasteiger partial charge >= 0.3 is 0 Å². The molecule has 2 saturated carbocycles. The van der Waals surface area contributed by atoms with Crippen LogP contribution in [0.25, 0.3) is 0 Å². The maximum atomic E-state index is 12.0. The van der Waals surface area contributed by atoms with Gasteiger partial charge in [-0.3, -0.25) is 4.79 Å². The first-order valence-corrected chi connectivity index (χ1v) is 7.88. The smallest absolute Gasteiger partial charge is 0.220 e. The second-order valence-electron chi connectivity index (χ2n) is 7.79. The van der Waals surface area contributed by atoms with Crippen LogP contribution in [-0.4, -0.2) is 18.5 Å². The van der Waals surface area contributed by atoms with Crippen molar-refractivity contribution in [1.82, 2.24) is 5.32 Å². The monoisotopic (exact) mass is 266 g/mol. The van der Waals surface area contributed by atoms with Crippen molar-refractivity contribution in [3.8, 4) is 0 Å². The second kappa shape index (κ2) is 5.82. The SMILES string of the molecule is CC1CC(CC(=O)NCC(N)C2CC2)CC(C)(C)C1. The minimum atomic E-state index is 0.172. The average molecular weight is 266 g/mol. The number of rotatable bonds is 5. The van der Waals surface area contributed by atoms with Gasteiger partial charge in [-0.15, -0.1) is 0 Å². The van der Waals surface area contributed by atoms with Crippen LogP contribution in [0.5, 0.6) is 0 Å². The molecular formula is C16H30N2O. The van der Waals surface area contributed by atoms with E-state index < -0.39 is 0 Å². The van der Waals surface area contributed by atoms with E-state index in [-0.39, 0.29) is 11.9 Å². The molecule has 19 heavy (non-hydrogen) atoms. The summed E-state index contributed by atoms with van der Waals surface area (Å²) in [7, 11) is 0. The molecule has 2 fully saturated rings. The topological polar surface area (TPSA) is 55.1 Å². The highest BCUT2D eigenvalue weighted by molar-refractivity contribution is 5.76. The number of hydrogen-bond acceptors (Lipinski definition) is 2. The molecule has 0 spiro atoms. The van der Waals surface area contributed by atoms with E-state index in [0.717, 1.165) is 5.92 Å². The number of amides is 1. The number of hydrogen-bond donors (Lipinski definition) is 2. The molecule has 1 amide bonds. The van der Waals surface area contributed by atoms with E-state index in [2.05, 4.69) is 26.1 Å². The van der Waals surface area contributed by atoms with Crippen LogP contribution in [-0.2, 0) is 4.79 Å². The largest absolute Gasteiger partial charge is 0.355 e. The molecule has 0 radical (unpaired) electrons. The van der Waals surface area contributed by atoms with E-state index in [9.17, 15) is 4.79 Å². The summed E-state index contributed by atoms with van der Waals surface area (Å²) in [6.07, 6.45) is 6.84. The van der Waals surface area contributed by atoms with Gasteiger partial charge in [-0.05, 0) is 55.3 Å². The lowest BCUT2D eigenvalue weighted by Gasteiger charge is -2.38. The zero-order chi connectivity index (χ0) is 14.0. The molecule has 2 rings (SSSR count). The number of carbonyl (C=O) groups is 1. The van der Waals surface area contributed by atoms with Crippen LogP contribution in [0, 0.1) is 23.2 Å². The van der Waals surface area contributed by atoms with E-state index in [0.29, 0.717) is 30.2 Å². The zero-order valence-corrected chi connectivity index (χ0v) is 12.7. The highest BCUT2D eigenvalue weighted by atomic mass is 16.1. The van der Waals surface area contributed by atoms with E-state index in [1.165, 1.54) is 32.1 Å². The van der Waals surface area contributed by atoms with Gasteiger partial charge in [0.2, 0.25) is 5.91 Å². The summed E-state index contributed by atoms with van der Waals surface area (Å²) in [5, 5.41) is 3.03. The Morgan fingerprint density at radius 2 is 2.05 bits per heavy atom. The van der Waals surface area contributed by atoms with Crippen LogP contribution in [0.4, 0.5) is 0 Å². The molecule has 110 valence electrons. The predicted molar refractivity (Wildman–Crippen MR) is 78.6 cm³/mol. The standard InChI is InChI=1S/C16H30N2O/c1-11-6-12(9-16(2,3)8-11)7-15(19)18-10-14(17)13-4-5-13/h11-14H,4-10,17H2,1-3H3,(H,18,19). The number of nitrogens with two attached hydrogens (primary N) is 1. The highest BCUT2D eigenvalue weighted by Crippen LogP contribution is 2.42. The fourth-order valence-electron chi connectivity index (χ4n) is 3.96. The van der Waals surface area contributed by atoms with Crippen LogP contribution in [0.15, 0.2) is 0 Å². The minimum Gasteiger partial charge on any atom is -0.355 e. The molecule has 3 atom stereocenters. The second-order valence-corrected chi connectivity index (χ2v) is 7.79. The molecule has 3 heteroatoms. The molecular weight excluding hydrogens is 236 g/mol. The summed E-state index contributed by atoms with van der Waals surface area (Å²) >= 11 is 0. The average Bonchev–Trinajstić information content (AvgIpc) is 3.06. The van der Waals surface area contributed by atoms with Crippen molar-refractivity contribution in [2.24, 2.45) is 28.9 Å². The van der Waals surface area contributed by atoms with Gasteiger partial charge in [0.1, 0.15) is 0 Å². The Balaban J connectivity index is 1.71. The van der Waals surface area contributed by atoms with E-state index in [1.54, 1.807) is 0 Å². The van der Waals surface area contributed by atoms with Crippen molar-refractivity contribution in [3.05, 3.63) is 0 Å². The quantitative estimate of drug-likeness (QED) is 0.804. The Hall–Kier alpha value is -0.570. The number of nitrogens with one attached hydrogen (secondary N) is 1. The van der Waals surface area contributed by atoms with Crippen LogP contribution >= 0.6 is 0 Å². The van der Waals surface area contributed by atoms with Crippen LogP contribution in [0.2, 0.25) is 0 Å². The summed E-state index contributed by atoms with van der Waals surface area (Å²) in [4.78, 5) is 12.0. The van der Waals surface area contributed by atoms with Crippen LogP contribution in [0.1, 0.15) is 59.3 Å². The van der Waals surface area contributed by atoms with Gasteiger partial charge in [-0.25, -0.2) is 0 Å². The van der Waals surface area contributed by atoms with Crippen molar-refractivity contribution in [2.75, 3.05) is 6.54 Å². The summed E-state index contributed by atoms with van der Waals surface area (Å²) in [5.41, 5.74) is 6.41. The van der Waals surface area contributed by atoms with Crippen molar-refractivity contribution >= 4 is 5.91 Å². The van der Waals surface area contributed by atoms with E-state index in [1.807, 2.05) is 0 Å². The molecule has 3 nitrogen and oxygen atoms in total. The first-order valence-electron chi connectivity index (χ1n) is 7.88. The normalized spacial score (nSPS) is 31.8. The third kappa shape index (κ3) is 4.79. The van der Waals surface area contributed by atoms with Gasteiger partial charge in [-0.2, -0.15) is 0 Å². The van der Waals surface area contributed by atoms with Gasteiger partial charge in [0.15, 0.2) is 0 Å². The zero-order valence-electron chi connectivity index (χ0n) is 12.7. The third-order valence-corrected chi connectivity index (χ3v) is 4.71. The van der Waals surface area contributed by atoms with Gasteiger partial charge in [0.25, 0.3) is 0 Å². The maximum Gasteiger partial charge on any atom is 0.220 e. The fourth-order valence-corrected chi connectivity index (χ4v) is 3.96. The molecule has 3 N–H and O–H groups in total. The Morgan fingerprint density at radius 3 is 2.63 bits per heavy atom. The minimum absolute atomic E-state index is 0.172. The molecule has 0 bridgehead atoms. The van der Waals surface area contributed by atoms with Crippen molar-refractivity contribution < 1.29 is 4.79 Å². The predicted octanol–water partition coefficient (Wildman–Crippen LogP) is 2.69. The fraction of sp³-hybridized carbons (Fsp3) is 0.938. The van der Waals surface area contributed by atoms with Crippen molar-refractivity contribution in [3.63, 3.8) is 0 Å². The third-order valence-electron chi connectivity index (χ3n) is 4.71. The molecule has 0 saturated heterocycles. The van der Waals surface area contributed by atoms with Crippen LogP contribution in [0.3, 0.4) is 0 Å². The number of carbonyl (C=O) groups excluding carboxylic acids is 1. The Bertz CT molecular complexity index is 323. The Kier molecular flexibility index (Phi) is 4.54. The first-order chi connectivity index (χ1) is 8.85. The molecule has 2 aliphatic rings. The molecule has 0 aromatic rings. The summed E-state index contributed by atoms with van der Waals surface area (Å²) < 4.78 is 0. The lowest BCUT2D eigenvalue weighted by atomic mass is 9.67. The maximum absolute atomic E-state index is 12.0. The summed E-state index contributed by atoms with van der Waals surface area (Å²) in [5.74, 6) is 2.16. The highest BCUT2D eigenvalue weighted by Gasteiger charge is 2.33. The lowest BCUT2D eigenvalue weighted by Crippen LogP contribution is -2.40. The molecule has 0 heterocycles. The molecule has 2 aliphatic carbocycles. The molecule has 0 aliphatic heterocycles. The first kappa shape index (κ1) is 14.8. The summed E-state index contributed by atoms with van der Waals surface area (Å²) in [6.45, 7) is 7.64. The molecule has 0 aromatic heterocycles. The van der Waals surface area contributed by atoms with Crippen LogP contribution < -0.4 is 11.1 Å². The lowest BCUT2D eigenvalue weighted by molar-refractivity contribution is -0.122. The van der Waals surface area contributed by atoms with E-state index in [4.69, 9.17) is 5.73 Å². The van der Waals surface area contributed by atoms with E-state index >= 15 is 0 Å². The van der Waals surface area contributed by atoms with Gasteiger partial charge in [0.05, 0.1) is 0 Å². The molecule has 0 aromatic carbocycles. The summed E-state index contributed by atoms with van der Waals surface area (Å²) in [6, 6.07) is 0.172. The Labute approximate surface area is 117 Å². The van der Waals surface area contributed by atoms with Gasteiger partial charge < -0.3 is 11.1 Å². The van der Waals surface area contributed by atoms with Crippen molar-refractivity contribution in [1.29, 1.82) is 0 Å². The Morgan fingerprint density at radius 1 is 1.37 bits per heavy atom. The van der Waals surface area contributed by atoms with Crippen molar-refractivity contribution in [2.45, 2.75) is 65.3 Å². The molecule has 3 unspecified atom stereocenters. The van der Waals surface area contributed by atoms with Gasteiger partial charge in [-0.1, -0.05) is 20.8 Å². The van der Waals surface area contributed by atoms with Gasteiger partial charge in [0, 0.05) is 19.0 Å².